The van der Waals surface area contributed by atoms with Gasteiger partial charge in [0, 0.05) is 55.9 Å². The first-order valence-corrected chi connectivity index (χ1v) is 11.3. The van der Waals surface area contributed by atoms with E-state index in [0.717, 1.165) is 62.7 Å². The normalized spacial score (nSPS) is 21.7. The summed E-state index contributed by atoms with van der Waals surface area (Å²) >= 11 is 0. The lowest BCUT2D eigenvalue weighted by atomic mass is 9.98. The molecule has 8 nitrogen and oxygen atoms in total. The molecule has 5 rings (SSSR count). The van der Waals surface area contributed by atoms with Crippen molar-refractivity contribution in [2.24, 2.45) is 0 Å². The Hall–Kier alpha value is -2.74. The topological polar surface area (TPSA) is 77.9 Å². The molecule has 1 aromatic carbocycles. The minimum Gasteiger partial charge on any atom is -0.486 e. The summed E-state index contributed by atoms with van der Waals surface area (Å²) in [6.07, 6.45) is 6.03. The first-order valence-electron chi connectivity index (χ1n) is 11.3. The highest BCUT2D eigenvalue weighted by Crippen LogP contribution is 2.34. The predicted molar refractivity (Wildman–Crippen MR) is 116 cm³/mol. The molecule has 1 unspecified atom stereocenters. The van der Waals surface area contributed by atoms with E-state index in [1.807, 2.05) is 29.3 Å². The van der Waals surface area contributed by atoms with Crippen LogP contribution in [-0.4, -0.2) is 60.0 Å². The van der Waals surface area contributed by atoms with E-state index in [9.17, 15) is 4.79 Å². The molecule has 0 aliphatic carbocycles. The molecule has 2 fully saturated rings. The van der Waals surface area contributed by atoms with Crippen LogP contribution in [0.3, 0.4) is 0 Å². The smallest absolute Gasteiger partial charge is 0.321 e. The van der Waals surface area contributed by atoms with Crippen LogP contribution in [0.5, 0.6) is 11.5 Å². The van der Waals surface area contributed by atoms with Gasteiger partial charge in [-0.3, -0.25) is 0 Å². The number of fused-ring (bicyclic) bond motifs is 1. The Kier molecular flexibility index (Phi) is 5.72. The van der Waals surface area contributed by atoms with Crippen LogP contribution in [-0.2, 0) is 4.74 Å². The molecule has 4 heterocycles. The van der Waals surface area contributed by atoms with Crippen molar-refractivity contribution in [1.29, 1.82) is 0 Å². The number of amides is 2. The van der Waals surface area contributed by atoms with Crippen molar-refractivity contribution in [3.8, 4) is 11.5 Å². The lowest BCUT2D eigenvalue weighted by molar-refractivity contribution is 0.0817. The summed E-state index contributed by atoms with van der Waals surface area (Å²) in [5, 5.41) is 3.03. The number of hydrogen-bond acceptors (Lipinski definition) is 5. The Morgan fingerprint density at radius 1 is 1.10 bits per heavy atom. The molecular weight excluding hydrogens is 396 g/mol. The van der Waals surface area contributed by atoms with Crippen LogP contribution < -0.4 is 14.8 Å². The number of urea groups is 1. The highest BCUT2D eigenvalue weighted by atomic mass is 16.6. The Morgan fingerprint density at radius 3 is 2.74 bits per heavy atom. The largest absolute Gasteiger partial charge is 0.486 e. The lowest BCUT2D eigenvalue weighted by Gasteiger charge is -2.36. The minimum atomic E-state index is -0.0771. The van der Waals surface area contributed by atoms with Crippen molar-refractivity contribution < 1.29 is 19.0 Å². The fourth-order valence-electron chi connectivity index (χ4n) is 4.87. The van der Waals surface area contributed by atoms with Crippen LogP contribution in [0.2, 0.25) is 0 Å². The number of likely N-dealkylation sites (tertiary alicyclic amines) is 1. The molecule has 2 saturated heterocycles. The summed E-state index contributed by atoms with van der Waals surface area (Å²) in [5.41, 5.74) is 1.89. The van der Waals surface area contributed by atoms with Crippen molar-refractivity contribution >= 4 is 11.7 Å². The van der Waals surface area contributed by atoms with Gasteiger partial charge in [0.05, 0.1) is 6.04 Å². The van der Waals surface area contributed by atoms with Gasteiger partial charge in [-0.25, -0.2) is 9.78 Å². The third-order valence-electron chi connectivity index (χ3n) is 6.44. The molecule has 1 aromatic heterocycles. The van der Waals surface area contributed by atoms with Gasteiger partial charge < -0.3 is 29.0 Å². The number of nitrogens with zero attached hydrogens (tertiary/aromatic N) is 3. The minimum absolute atomic E-state index is 0.0771. The molecule has 0 bridgehead atoms. The molecule has 1 atom stereocenters. The number of carbonyl (C=O) groups is 1. The maximum absolute atomic E-state index is 13.0. The van der Waals surface area contributed by atoms with Crippen LogP contribution in [0.25, 0.3) is 0 Å². The van der Waals surface area contributed by atoms with Crippen LogP contribution in [0.1, 0.15) is 49.2 Å². The third-order valence-corrected chi connectivity index (χ3v) is 6.44. The van der Waals surface area contributed by atoms with Crippen molar-refractivity contribution in [3.63, 3.8) is 0 Å². The Balaban J connectivity index is 1.28. The van der Waals surface area contributed by atoms with Crippen molar-refractivity contribution in [1.82, 2.24) is 14.5 Å². The van der Waals surface area contributed by atoms with E-state index in [4.69, 9.17) is 19.2 Å². The molecule has 3 aliphatic heterocycles. The van der Waals surface area contributed by atoms with Gasteiger partial charge in [-0.2, -0.15) is 0 Å². The van der Waals surface area contributed by atoms with Gasteiger partial charge in [0.2, 0.25) is 0 Å². The Labute approximate surface area is 182 Å². The molecule has 1 N–H and O–H groups in total. The summed E-state index contributed by atoms with van der Waals surface area (Å²) in [7, 11) is 0. The van der Waals surface area contributed by atoms with E-state index in [2.05, 4.69) is 16.8 Å². The van der Waals surface area contributed by atoms with E-state index in [-0.39, 0.29) is 12.1 Å². The maximum Gasteiger partial charge on any atom is 0.321 e. The van der Waals surface area contributed by atoms with Crippen LogP contribution in [0, 0.1) is 6.92 Å². The zero-order chi connectivity index (χ0) is 21.2. The molecule has 8 heteroatoms. The number of rotatable bonds is 3. The fourth-order valence-corrected chi connectivity index (χ4v) is 4.87. The second-order valence-electron chi connectivity index (χ2n) is 8.55. The monoisotopic (exact) mass is 426 g/mol. The van der Waals surface area contributed by atoms with E-state index in [1.54, 1.807) is 0 Å². The van der Waals surface area contributed by atoms with E-state index in [1.165, 1.54) is 5.69 Å². The summed E-state index contributed by atoms with van der Waals surface area (Å²) in [4.78, 5) is 19.7. The van der Waals surface area contributed by atoms with E-state index in [0.29, 0.717) is 31.4 Å². The Bertz CT molecular complexity index is 938. The standard InChI is InChI=1S/C23H30N4O4/c1-16-14-24-22(17-6-9-29-10-7-17)27(16)19-3-2-8-26(15-19)23(28)25-18-4-5-20-21(13-18)31-12-11-30-20/h4-5,13-14,17,19H,2-3,6-12,15H2,1H3,(H,25,28). The summed E-state index contributed by atoms with van der Waals surface area (Å²) < 4.78 is 19.1. The highest BCUT2D eigenvalue weighted by Gasteiger charge is 2.30. The number of ether oxygens (including phenoxy) is 3. The number of hydrogen-bond donors (Lipinski definition) is 1. The quantitative estimate of drug-likeness (QED) is 0.809. The number of aromatic nitrogens is 2. The maximum atomic E-state index is 13.0. The SMILES string of the molecule is Cc1cnc(C2CCOCC2)n1C1CCCN(C(=O)Nc2ccc3c(c2)OCCO3)C1. The molecule has 166 valence electrons. The summed E-state index contributed by atoms with van der Waals surface area (Å²) in [6, 6.07) is 5.71. The number of piperidine rings is 1. The molecule has 0 saturated carbocycles. The molecular formula is C23H30N4O4. The number of benzene rings is 1. The van der Waals surface area contributed by atoms with Crippen molar-refractivity contribution in [3.05, 3.63) is 35.9 Å². The Morgan fingerprint density at radius 2 is 1.90 bits per heavy atom. The average molecular weight is 427 g/mol. The molecule has 0 spiro atoms. The van der Waals surface area contributed by atoms with Gasteiger partial charge in [-0.05, 0) is 44.7 Å². The number of imidazole rings is 1. The first kappa shape index (κ1) is 20.2. The second-order valence-corrected chi connectivity index (χ2v) is 8.55. The number of anilines is 1. The predicted octanol–water partition coefficient (Wildman–Crippen LogP) is 3.73. The van der Waals surface area contributed by atoms with E-state index >= 15 is 0 Å². The van der Waals surface area contributed by atoms with Gasteiger partial charge in [0.25, 0.3) is 0 Å². The van der Waals surface area contributed by atoms with Crippen LogP contribution in [0.4, 0.5) is 10.5 Å². The molecule has 0 radical (unpaired) electrons. The third kappa shape index (κ3) is 4.21. The molecule has 31 heavy (non-hydrogen) atoms. The number of carbonyl (C=O) groups excluding carboxylic acids is 1. The number of nitrogens with one attached hydrogen (secondary N) is 1. The zero-order valence-corrected chi connectivity index (χ0v) is 18.0. The van der Waals surface area contributed by atoms with Gasteiger partial charge in [0.15, 0.2) is 11.5 Å². The summed E-state index contributed by atoms with van der Waals surface area (Å²) in [5.74, 6) is 2.98. The van der Waals surface area contributed by atoms with Crippen LogP contribution in [0.15, 0.2) is 24.4 Å². The van der Waals surface area contributed by atoms with Gasteiger partial charge in [0.1, 0.15) is 19.0 Å². The average Bonchev–Trinajstić information content (AvgIpc) is 3.21. The van der Waals surface area contributed by atoms with E-state index < -0.39 is 0 Å². The number of aryl methyl sites for hydroxylation is 1. The van der Waals surface area contributed by atoms with Gasteiger partial charge in [-0.1, -0.05) is 0 Å². The van der Waals surface area contributed by atoms with Gasteiger partial charge >= 0.3 is 6.03 Å². The lowest BCUT2D eigenvalue weighted by Crippen LogP contribution is -2.43. The molecule has 2 amide bonds. The van der Waals surface area contributed by atoms with Crippen molar-refractivity contribution in [2.75, 3.05) is 44.8 Å². The second kappa shape index (κ2) is 8.78. The first-order chi connectivity index (χ1) is 15.2. The van der Waals surface area contributed by atoms with Crippen LogP contribution >= 0.6 is 0 Å². The zero-order valence-electron chi connectivity index (χ0n) is 18.0. The van der Waals surface area contributed by atoms with Crippen molar-refractivity contribution in [2.45, 2.75) is 44.6 Å². The molecule has 2 aromatic rings. The summed E-state index contributed by atoms with van der Waals surface area (Å²) in [6.45, 7) is 6.23. The fraction of sp³-hybridized carbons (Fsp3) is 0.565. The van der Waals surface area contributed by atoms with Gasteiger partial charge in [-0.15, -0.1) is 0 Å². The molecule has 3 aliphatic rings. The highest BCUT2D eigenvalue weighted by molar-refractivity contribution is 5.89.